The quantitative estimate of drug-likeness (QED) is 0.608. The number of Topliss-reactive ketones (excluding diaryl/α,β-unsaturated/α-hetero) is 1. The highest BCUT2D eigenvalue weighted by Crippen LogP contribution is 2.19. The lowest BCUT2D eigenvalue weighted by molar-refractivity contribution is 0.0980. The van der Waals surface area contributed by atoms with Gasteiger partial charge in [0.15, 0.2) is 5.78 Å². The first-order chi connectivity index (χ1) is 6.27. The Morgan fingerprint density at radius 1 is 1.31 bits per heavy atom. The predicted molar refractivity (Wildman–Crippen MR) is 51.7 cm³/mol. The van der Waals surface area contributed by atoms with E-state index in [1.54, 1.807) is 0 Å². The van der Waals surface area contributed by atoms with Crippen LogP contribution in [0.5, 0.6) is 0 Å². The van der Waals surface area contributed by atoms with E-state index in [9.17, 15) is 4.79 Å². The molecule has 2 rings (SSSR count). The minimum atomic E-state index is 0.146. The molecule has 0 spiro atoms. The van der Waals surface area contributed by atoms with Crippen molar-refractivity contribution in [2.45, 2.75) is 25.3 Å². The molecule has 2 N–H and O–H groups in total. The van der Waals surface area contributed by atoms with Crippen LogP contribution in [0.2, 0.25) is 0 Å². The summed E-state index contributed by atoms with van der Waals surface area (Å²) in [6, 6.07) is 7.92. The highest BCUT2D eigenvalue weighted by Gasteiger charge is 2.18. The van der Waals surface area contributed by atoms with Crippen LogP contribution in [0.1, 0.15) is 28.8 Å². The molecule has 0 bridgehead atoms. The van der Waals surface area contributed by atoms with E-state index in [1.165, 1.54) is 0 Å². The molecule has 0 fully saturated rings. The second kappa shape index (κ2) is 3.30. The van der Waals surface area contributed by atoms with Crippen molar-refractivity contribution in [3.8, 4) is 0 Å². The number of rotatable bonds is 0. The third-order valence-electron chi connectivity index (χ3n) is 2.54. The summed E-state index contributed by atoms with van der Waals surface area (Å²) in [5, 5.41) is 0. The maximum atomic E-state index is 11.6. The van der Waals surface area contributed by atoms with Crippen molar-refractivity contribution >= 4 is 5.78 Å². The van der Waals surface area contributed by atoms with E-state index in [0.717, 1.165) is 24.0 Å². The van der Waals surface area contributed by atoms with E-state index in [2.05, 4.69) is 0 Å². The summed E-state index contributed by atoms with van der Waals surface area (Å²) in [6.45, 7) is 0. The molecule has 0 amide bonds. The summed E-state index contributed by atoms with van der Waals surface area (Å²) in [7, 11) is 0. The minimum Gasteiger partial charge on any atom is -0.327 e. The van der Waals surface area contributed by atoms with Gasteiger partial charge >= 0.3 is 0 Å². The van der Waals surface area contributed by atoms with Crippen LogP contribution in [-0.2, 0) is 6.42 Å². The topological polar surface area (TPSA) is 43.1 Å². The van der Waals surface area contributed by atoms with Gasteiger partial charge in [0.2, 0.25) is 0 Å². The molecule has 1 aliphatic carbocycles. The molecular formula is C11H13NO. The summed E-state index contributed by atoms with van der Waals surface area (Å²) in [4.78, 5) is 11.6. The summed E-state index contributed by atoms with van der Waals surface area (Å²) in [6.07, 6.45) is 2.24. The Kier molecular flexibility index (Phi) is 2.15. The van der Waals surface area contributed by atoms with Gasteiger partial charge in [-0.05, 0) is 18.4 Å². The summed E-state index contributed by atoms with van der Waals surface area (Å²) in [5.74, 6) is 0.239. The van der Waals surface area contributed by atoms with Crippen LogP contribution >= 0.6 is 0 Å². The van der Waals surface area contributed by atoms with Crippen LogP contribution in [0, 0.1) is 0 Å². The van der Waals surface area contributed by atoms with Crippen molar-refractivity contribution in [3.05, 3.63) is 35.4 Å². The Hall–Kier alpha value is -1.15. The molecule has 0 saturated heterocycles. The van der Waals surface area contributed by atoms with Crippen molar-refractivity contribution < 1.29 is 4.79 Å². The van der Waals surface area contributed by atoms with Gasteiger partial charge < -0.3 is 5.73 Å². The highest BCUT2D eigenvalue weighted by molar-refractivity contribution is 5.97. The molecule has 0 saturated carbocycles. The zero-order chi connectivity index (χ0) is 9.26. The normalized spacial score (nSPS) is 22.2. The molecule has 13 heavy (non-hydrogen) atoms. The second-order valence-electron chi connectivity index (χ2n) is 3.58. The van der Waals surface area contributed by atoms with Gasteiger partial charge in [0.25, 0.3) is 0 Å². The fourth-order valence-corrected chi connectivity index (χ4v) is 1.81. The van der Waals surface area contributed by atoms with Crippen LogP contribution in [-0.4, -0.2) is 11.8 Å². The average molecular weight is 175 g/mol. The molecule has 2 heteroatoms. The van der Waals surface area contributed by atoms with E-state index in [1.807, 2.05) is 24.3 Å². The number of carbonyl (C=O) groups is 1. The number of benzene rings is 1. The number of carbonyl (C=O) groups excluding carboxylic acids is 1. The zero-order valence-corrected chi connectivity index (χ0v) is 7.49. The van der Waals surface area contributed by atoms with Gasteiger partial charge in [0, 0.05) is 18.0 Å². The van der Waals surface area contributed by atoms with Crippen LogP contribution in [0.3, 0.4) is 0 Å². The van der Waals surface area contributed by atoms with Gasteiger partial charge in [-0.25, -0.2) is 0 Å². The number of hydrogen-bond acceptors (Lipinski definition) is 2. The SMILES string of the molecule is NC1CCC(=O)c2ccccc2C1. The maximum absolute atomic E-state index is 11.6. The first-order valence-electron chi connectivity index (χ1n) is 4.64. The lowest BCUT2D eigenvalue weighted by Crippen LogP contribution is -2.21. The molecule has 1 atom stereocenters. The number of nitrogens with two attached hydrogens (primary N) is 1. The van der Waals surface area contributed by atoms with Gasteiger partial charge in [-0.1, -0.05) is 24.3 Å². The largest absolute Gasteiger partial charge is 0.327 e. The third-order valence-corrected chi connectivity index (χ3v) is 2.54. The van der Waals surface area contributed by atoms with Crippen molar-refractivity contribution in [1.29, 1.82) is 0 Å². The molecule has 0 aliphatic heterocycles. The molecule has 0 aromatic heterocycles. The highest BCUT2D eigenvalue weighted by atomic mass is 16.1. The minimum absolute atomic E-state index is 0.146. The molecule has 1 aromatic rings. The summed E-state index contributed by atoms with van der Waals surface area (Å²) in [5.41, 5.74) is 7.84. The van der Waals surface area contributed by atoms with Crippen LogP contribution < -0.4 is 5.73 Å². The molecule has 1 aliphatic rings. The van der Waals surface area contributed by atoms with E-state index < -0.39 is 0 Å². The van der Waals surface area contributed by atoms with Crippen LogP contribution in [0.25, 0.3) is 0 Å². The Labute approximate surface area is 77.8 Å². The molecular weight excluding hydrogens is 162 g/mol. The van der Waals surface area contributed by atoms with Gasteiger partial charge in [-0.3, -0.25) is 4.79 Å². The molecule has 0 heterocycles. The first kappa shape index (κ1) is 8.45. The van der Waals surface area contributed by atoms with Crippen molar-refractivity contribution in [1.82, 2.24) is 0 Å². The van der Waals surface area contributed by atoms with Crippen molar-refractivity contribution in [2.75, 3.05) is 0 Å². The van der Waals surface area contributed by atoms with Crippen molar-refractivity contribution in [3.63, 3.8) is 0 Å². The number of hydrogen-bond donors (Lipinski definition) is 1. The smallest absolute Gasteiger partial charge is 0.163 e. The standard InChI is InChI=1S/C11H13NO/c12-9-5-6-11(13)10-4-2-1-3-8(10)7-9/h1-4,9H,5-7,12H2. The monoisotopic (exact) mass is 175 g/mol. The molecule has 1 unspecified atom stereocenters. The van der Waals surface area contributed by atoms with E-state index in [4.69, 9.17) is 5.73 Å². The van der Waals surface area contributed by atoms with Gasteiger partial charge in [0.05, 0.1) is 0 Å². The van der Waals surface area contributed by atoms with E-state index >= 15 is 0 Å². The molecule has 2 nitrogen and oxygen atoms in total. The predicted octanol–water partition coefficient (Wildman–Crippen LogP) is 1.53. The lowest BCUT2D eigenvalue weighted by Gasteiger charge is -2.06. The third kappa shape index (κ3) is 1.63. The number of fused-ring (bicyclic) bond motifs is 1. The first-order valence-corrected chi connectivity index (χ1v) is 4.64. The maximum Gasteiger partial charge on any atom is 0.163 e. The fourth-order valence-electron chi connectivity index (χ4n) is 1.81. The summed E-state index contributed by atoms with van der Waals surface area (Å²) >= 11 is 0. The number of ketones is 1. The van der Waals surface area contributed by atoms with Crippen LogP contribution in [0.15, 0.2) is 24.3 Å². The molecule has 0 radical (unpaired) electrons. The lowest BCUT2D eigenvalue weighted by atomic mass is 10.0. The Morgan fingerprint density at radius 3 is 2.92 bits per heavy atom. The Bertz CT molecular complexity index is 333. The van der Waals surface area contributed by atoms with Gasteiger partial charge in [-0.2, -0.15) is 0 Å². The fraction of sp³-hybridized carbons (Fsp3) is 0.364. The molecule has 68 valence electrons. The van der Waals surface area contributed by atoms with E-state index in [-0.39, 0.29) is 11.8 Å². The van der Waals surface area contributed by atoms with E-state index in [0.29, 0.717) is 6.42 Å². The molecule has 1 aromatic carbocycles. The average Bonchev–Trinajstić information content (AvgIpc) is 2.27. The second-order valence-corrected chi connectivity index (χ2v) is 3.58. The van der Waals surface area contributed by atoms with Gasteiger partial charge in [0.1, 0.15) is 0 Å². The van der Waals surface area contributed by atoms with Crippen molar-refractivity contribution in [2.24, 2.45) is 5.73 Å². The Morgan fingerprint density at radius 2 is 2.08 bits per heavy atom. The van der Waals surface area contributed by atoms with Crippen LogP contribution in [0.4, 0.5) is 0 Å². The van der Waals surface area contributed by atoms with Gasteiger partial charge in [-0.15, -0.1) is 0 Å². The summed E-state index contributed by atoms with van der Waals surface area (Å²) < 4.78 is 0. The Balaban J connectivity index is 2.43. The zero-order valence-electron chi connectivity index (χ0n) is 7.49.